The van der Waals surface area contributed by atoms with Crippen molar-refractivity contribution in [3.63, 3.8) is 0 Å². The Morgan fingerprint density at radius 1 is 1.09 bits per heavy atom. The molecular formula is C23H25F3N6O3. The van der Waals surface area contributed by atoms with Gasteiger partial charge in [0.2, 0.25) is 11.8 Å². The Bertz CT molecular complexity index is 1190. The van der Waals surface area contributed by atoms with Gasteiger partial charge >= 0.3 is 6.03 Å². The number of nitrogens with zero attached hydrogens (tertiary/aromatic N) is 5. The minimum absolute atomic E-state index is 0.0413. The van der Waals surface area contributed by atoms with Gasteiger partial charge in [0.1, 0.15) is 0 Å². The van der Waals surface area contributed by atoms with Crippen molar-refractivity contribution in [3.05, 3.63) is 41.5 Å². The molecule has 5 rings (SSSR count). The molecule has 0 spiro atoms. The third kappa shape index (κ3) is 4.10. The molecule has 186 valence electrons. The topological polar surface area (TPSA) is 90.8 Å². The van der Waals surface area contributed by atoms with E-state index in [1.54, 1.807) is 20.7 Å². The summed E-state index contributed by atoms with van der Waals surface area (Å²) in [5.74, 6) is -4.65. The van der Waals surface area contributed by atoms with Gasteiger partial charge in [0, 0.05) is 44.4 Å². The number of fused-ring (bicyclic) bond motifs is 3. The van der Waals surface area contributed by atoms with Crippen LogP contribution < -0.4 is 10.2 Å². The highest BCUT2D eigenvalue weighted by molar-refractivity contribution is 5.97. The van der Waals surface area contributed by atoms with Crippen molar-refractivity contribution in [2.75, 3.05) is 29.9 Å². The second-order valence-corrected chi connectivity index (χ2v) is 9.49. The Kier molecular flexibility index (Phi) is 5.68. The van der Waals surface area contributed by atoms with E-state index < -0.39 is 23.5 Å². The average molecular weight is 490 g/mol. The maximum atomic E-state index is 13.6. The van der Waals surface area contributed by atoms with Crippen LogP contribution in [0.4, 0.5) is 29.3 Å². The number of anilines is 2. The lowest BCUT2D eigenvalue weighted by Gasteiger charge is -2.45. The van der Waals surface area contributed by atoms with E-state index in [9.17, 15) is 27.6 Å². The molecule has 0 radical (unpaired) electrons. The quantitative estimate of drug-likeness (QED) is 0.656. The van der Waals surface area contributed by atoms with Crippen molar-refractivity contribution >= 4 is 29.2 Å². The molecule has 2 aromatic rings. The normalized spacial score (nSPS) is 23.9. The van der Waals surface area contributed by atoms with Gasteiger partial charge in [-0.05, 0) is 19.3 Å². The molecule has 1 aromatic heterocycles. The lowest BCUT2D eigenvalue weighted by molar-refractivity contribution is -0.136. The summed E-state index contributed by atoms with van der Waals surface area (Å²) < 4.78 is 42.2. The van der Waals surface area contributed by atoms with Gasteiger partial charge in [0.15, 0.2) is 17.5 Å². The van der Waals surface area contributed by atoms with Gasteiger partial charge in [-0.3, -0.25) is 14.3 Å². The summed E-state index contributed by atoms with van der Waals surface area (Å²) in [6.07, 6.45) is 2.36. The Morgan fingerprint density at radius 3 is 2.49 bits per heavy atom. The van der Waals surface area contributed by atoms with Gasteiger partial charge in [-0.15, -0.1) is 0 Å². The molecule has 35 heavy (non-hydrogen) atoms. The van der Waals surface area contributed by atoms with E-state index in [0.717, 1.165) is 18.6 Å². The lowest BCUT2D eigenvalue weighted by Crippen LogP contribution is -2.57. The second kappa shape index (κ2) is 8.58. The number of piperidine rings is 2. The highest BCUT2D eigenvalue weighted by Gasteiger charge is 2.43. The van der Waals surface area contributed by atoms with Gasteiger partial charge in [-0.25, -0.2) is 18.0 Å². The summed E-state index contributed by atoms with van der Waals surface area (Å²) in [4.78, 5) is 42.9. The first-order chi connectivity index (χ1) is 16.6. The average Bonchev–Trinajstić information content (AvgIpc) is 3.21. The highest BCUT2D eigenvalue weighted by Crippen LogP contribution is 2.35. The Labute approximate surface area is 199 Å². The Morgan fingerprint density at radius 2 is 1.80 bits per heavy atom. The van der Waals surface area contributed by atoms with Crippen molar-refractivity contribution in [3.8, 4) is 0 Å². The highest BCUT2D eigenvalue weighted by atomic mass is 19.2. The number of carbonyl (C=O) groups is 3. The predicted octanol–water partition coefficient (Wildman–Crippen LogP) is 2.57. The lowest BCUT2D eigenvalue weighted by atomic mass is 9.83. The number of amides is 4. The van der Waals surface area contributed by atoms with Crippen molar-refractivity contribution < 1.29 is 27.6 Å². The molecule has 1 N–H and O–H groups in total. The van der Waals surface area contributed by atoms with E-state index in [-0.39, 0.29) is 41.9 Å². The minimum Gasteiger partial charge on any atom is -0.342 e. The van der Waals surface area contributed by atoms with Crippen LogP contribution in [0.2, 0.25) is 0 Å². The first kappa shape index (κ1) is 23.2. The van der Waals surface area contributed by atoms with Crippen LogP contribution in [-0.4, -0.2) is 63.1 Å². The number of hydrogen-bond donors (Lipinski definition) is 1. The molecule has 0 aliphatic carbocycles. The molecule has 9 nitrogen and oxygen atoms in total. The zero-order valence-corrected chi connectivity index (χ0v) is 19.3. The molecule has 3 atom stereocenters. The van der Waals surface area contributed by atoms with E-state index in [1.807, 2.05) is 6.92 Å². The summed E-state index contributed by atoms with van der Waals surface area (Å²) in [5, 5.41) is 6.85. The maximum Gasteiger partial charge on any atom is 0.322 e. The molecule has 2 unspecified atom stereocenters. The summed E-state index contributed by atoms with van der Waals surface area (Å²) in [7, 11) is 0. The van der Waals surface area contributed by atoms with E-state index in [4.69, 9.17) is 0 Å². The van der Waals surface area contributed by atoms with Crippen molar-refractivity contribution in [1.29, 1.82) is 0 Å². The first-order valence-electron chi connectivity index (χ1n) is 11.5. The van der Waals surface area contributed by atoms with Gasteiger partial charge in [0.05, 0.1) is 42.6 Å². The fourth-order valence-electron chi connectivity index (χ4n) is 5.26. The van der Waals surface area contributed by atoms with Crippen molar-refractivity contribution in [2.24, 2.45) is 11.8 Å². The molecule has 2 bridgehead atoms. The summed E-state index contributed by atoms with van der Waals surface area (Å²) in [5.41, 5.74) is 1.09. The molecule has 3 aliphatic heterocycles. The zero-order chi connectivity index (χ0) is 25.0. The SMILES string of the molecule is CC(=O)N1CC2CC(C1)C(=O)N(c1cnn3c1CN(C(=O)Nc1cc(F)c(F)c(F)c1)[C@@H](C)C3)C2. The largest absolute Gasteiger partial charge is 0.342 e. The number of carbonyl (C=O) groups excluding carboxylic acids is 3. The monoisotopic (exact) mass is 490 g/mol. The fourth-order valence-corrected chi connectivity index (χ4v) is 5.26. The molecule has 1 aromatic carbocycles. The fraction of sp³-hybridized carbons (Fsp3) is 0.478. The standard InChI is InChI=1S/C23H25F3N6O3/c1-12-7-32-20(11-30(12)23(35)28-16-4-17(24)21(26)18(25)5-16)19(6-27-32)31-9-14-3-15(22(31)34)10-29(8-14)13(2)33/h4-6,12,14-15H,3,7-11H2,1-2H3,(H,28,35)/t12-,14?,15?/m0/s1. The number of aromatic nitrogens is 2. The van der Waals surface area contributed by atoms with Gasteiger partial charge in [-0.1, -0.05) is 0 Å². The Hall–Kier alpha value is -3.57. The van der Waals surface area contributed by atoms with Crippen LogP contribution in [-0.2, 0) is 22.7 Å². The van der Waals surface area contributed by atoms with Gasteiger partial charge in [-0.2, -0.15) is 5.10 Å². The third-order valence-electron chi connectivity index (χ3n) is 7.04. The molecular weight excluding hydrogens is 465 g/mol. The van der Waals surface area contributed by atoms with Gasteiger partial charge in [0.25, 0.3) is 0 Å². The van der Waals surface area contributed by atoms with Crippen LogP contribution in [0.25, 0.3) is 0 Å². The summed E-state index contributed by atoms with van der Waals surface area (Å²) in [6, 6.07) is 0.526. The molecule has 4 amide bonds. The van der Waals surface area contributed by atoms with Crippen LogP contribution in [0.1, 0.15) is 26.0 Å². The van der Waals surface area contributed by atoms with Crippen molar-refractivity contribution in [2.45, 2.75) is 39.4 Å². The molecule has 2 saturated heterocycles. The number of nitrogens with one attached hydrogen (secondary N) is 1. The van der Waals surface area contributed by atoms with Crippen LogP contribution in [0.15, 0.2) is 18.3 Å². The second-order valence-electron chi connectivity index (χ2n) is 9.49. The Balaban J connectivity index is 1.36. The smallest absolute Gasteiger partial charge is 0.322 e. The third-order valence-corrected chi connectivity index (χ3v) is 7.04. The molecule has 2 fully saturated rings. The molecule has 3 aliphatic rings. The van der Waals surface area contributed by atoms with E-state index in [1.165, 1.54) is 11.8 Å². The summed E-state index contributed by atoms with van der Waals surface area (Å²) in [6.45, 7) is 5.23. The zero-order valence-electron chi connectivity index (χ0n) is 19.3. The van der Waals surface area contributed by atoms with Crippen LogP contribution in [0.5, 0.6) is 0 Å². The number of halogens is 3. The number of rotatable bonds is 2. The van der Waals surface area contributed by atoms with Crippen LogP contribution in [0.3, 0.4) is 0 Å². The number of hydrogen-bond acceptors (Lipinski definition) is 4. The maximum absolute atomic E-state index is 13.6. The van der Waals surface area contributed by atoms with E-state index in [0.29, 0.717) is 37.6 Å². The predicted molar refractivity (Wildman–Crippen MR) is 119 cm³/mol. The van der Waals surface area contributed by atoms with E-state index >= 15 is 0 Å². The van der Waals surface area contributed by atoms with Crippen LogP contribution in [0, 0.1) is 29.3 Å². The minimum atomic E-state index is -1.61. The summed E-state index contributed by atoms with van der Waals surface area (Å²) >= 11 is 0. The first-order valence-corrected chi connectivity index (χ1v) is 11.5. The molecule has 0 saturated carbocycles. The molecule has 4 heterocycles. The number of urea groups is 1. The number of likely N-dealkylation sites (tertiary alicyclic amines) is 1. The van der Waals surface area contributed by atoms with Crippen LogP contribution >= 0.6 is 0 Å². The van der Waals surface area contributed by atoms with E-state index in [2.05, 4.69) is 10.4 Å². The number of benzene rings is 1. The van der Waals surface area contributed by atoms with Gasteiger partial charge < -0.3 is 20.0 Å². The van der Waals surface area contributed by atoms with Crippen molar-refractivity contribution in [1.82, 2.24) is 19.6 Å². The molecule has 12 heteroatoms.